The Kier molecular flexibility index (Phi) is 5.32. The Morgan fingerprint density at radius 2 is 1.94 bits per heavy atom. The van der Waals surface area contributed by atoms with Crippen molar-refractivity contribution in [1.82, 2.24) is 0 Å². The number of amides is 1. The summed E-state index contributed by atoms with van der Waals surface area (Å²) in [5.41, 5.74) is 0.585. The van der Waals surface area contributed by atoms with Gasteiger partial charge < -0.3 is 15.2 Å². The Hall–Kier alpha value is -1.88. The van der Waals surface area contributed by atoms with E-state index in [0.717, 1.165) is 5.75 Å². The number of rotatable bonds is 6. The van der Waals surface area contributed by atoms with Gasteiger partial charge in [-0.05, 0) is 38.1 Å². The zero-order valence-electron chi connectivity index (χ0n) is 10.5. The molecule has 0 aliphatic rings. The summed E-state index contributed by atoms with van der Waals surface area (Å²) < 4.78 is 5.26. The Morgan fingerprint density at radius 1 is 1.33 bits per heavy atom. The van der Waals surface area contributed by atoms with Gasteiger partial charge in [0.15, 0.2) is 5.78 Å². The van der Waals surface area contributed by atoms with Crippen LogP contribution < -0.4 is 10.1 Å². The normalized spacial score (nSPS) is 11.7. The first kappa shape index (κ1) is 14.2. The standard InChI is InChI=1S/C13H17NO4/c1-3-18-11-6-4-10(5-7-11)14-13(17)8-12(16)9(2)15/h4-7,9,15H,3,8H2,1-2H3,(H,14,17). The molecule has 1 amide bonds. The molecule has 0 heterocycles. The number of nitrogens with one attached hydrogen (secondary N) is 1. The van der Waals surface area contributed by atoms with Gasteiger partial charge in [0.2, 0.25) is 5.91 Å². The van der Waals surface area contributed by atoms with Crippen molar-refractivity contribution in [2.75, 3.05) is 11.9 Å². The van der Waals surface area contributed by atoms with Crippen molar-refractivity contribution in [2.45, 2.75) is 26.4 Å². The predicted octanol–water partition coefficient (Wildman–Crippen LogP) is 1.36. The number of benzene rings is 1. The summed E-state index contributed by atoms with van der Waals surface area (Å²) >= 11 is 0. The molecule has 1 atom stereocenters. The number of anilines is 1. The number of ketones is 1. The lowest BCUT2D eigenvalue weighted by Crippen LogP contribution is -2.23. The van der Waals surface area contributed by atoms with Crippen LogP contribution >= 0.6 is 0 Å². The van der Waals surface area contributed by atoms with Crippen molar-refractivity contribution >= 4 is 17.4 Å². The fourth-order valence-corrected chi connectivity index (χ4v) is 1.31. The second-order valence-corrected chi connectivity index (χ2v) is 3.82. The SMILES string of the molecule is CCOc1ccc(NC(=O)CC(=O)C(C)O)cc1. The monoisotopic (exact) mass is 251 g/mol. The molecule has 18 heavy (non-hydrogen) atoms. The number of hydrogen-bond acceptors (Lipinski definition) is 4. The Bertz CT molecular complexity index is 412. The number of carbonyl (C=O) groups is 2. The van der Waals surface area contributed by atoms with Gasteiger partial charge in [0, 0.05) is 5.69 Å². The van der Waals surface area contributed by atoms with Crippen LogP contribution in [-0.2, 0) is 9.59 Å². The summed E-state index contributed by atoms with van der Waals surface area (Å²) in [5.74, 6) is -0.223. The second-order valence-electron chi connectivity index (χ2n) is 3.82. The van der Waals surface area contributed by atoms with Crippen LogP contribution in [-0.4, -0.2) is 29.5 Å². The number of aliphatic hydroxyl groups excluding tert-OH is 1. The van der Waals surface area contributed by atoms with Crippen LogP contribution in [0.2, 0.25) is 0 Å². The molecule has 0 aromatic heterocycles. The maximum atomic E-state index is 11.5. The molecule has 2 N–H and O–H groups in total. The molecule has 0 saturated heterocycles. The number of aliphatic hydroxyl groups is 1. The molecule has 5 nitrogen and oxygen atoms in total. The lowest BCUT2D eigenvalue weighted by molar-refractivity contribution is -0.130. The van der Waals surface area contributed by atoms with Crippen LogP contribution in [0.5, 0.6) is 5.75 Å². The lowest BCUT2D eigenvalue weighted by atomic mass is 10.2. The minimum Gasteiger partial charge on any atom is -0.494 e. The predicted molar refractivity (Wildman–Crippen MR) is 67.5 cm³/mol. The van der Waals surface area contributed by atoms with E-state index in [1.807, 2.05) is 6.92 Å². The third-order valence-corrected chi connectivity index (χ3v) is 2.25. The molecule has 0 aliphatic heterocycles. The summed E-state index contributed by atoms with van der Waals surface area (Å²) in [5, 5.41) is 11.6. The first-order valence-corrected chi connectivity index (χ1v) is 5.76. The van der Waals surface area contributed by atoms with Gasteiger partial charge in [0.05, 0.1) is 13.0 Å². The van der Waals surface area contributed by atoms with Crippen LogP contribution in [0.3, 0.4) is 0 Å². The van der Waals surface area contributed by atoms with Crippen molar-refractivity contribution in [2.24, 2.45) is 0 Å². The average Bonchev–Trinajstić information content (AvgIpc) is 2.31. The number of Topliss-reactive ketones (excluding diaryl/α,β-unsaturated/α-hetero) is 1. The molecule has 5 heteroatoms. The fraction of sp³-hybridized carbons (Fsp3) is 0.385. The van der Waals surface area contributed by atoms with Gasteiger partial charge in [0.25, 0.3) is 0 Å². The highest BCUT2D eigenvalue weighted by atomic mass is 16.5. The van der Waals surface area contributed by atoms with E-state index in [2.05, 4.69) is 5.32 Å². The van der Waals surface area contributed by atoms with Crippen LogP contribution in [0.25, 0.3) is 0 Å². The van der Waals surface area contributed by atoms with Gasteiger partial charge in [-0.2, -0.15) is 0 Å². The van der Waals surface area contributed by atoms with E-state index in [1.54, 1.807) is 24.3 Å². The molecule has 1 rings (SSSR count). The fourth-order valence-electron chi connectivity index (χ4n) is 1.31. The van der Waals surface area contributed by atoms with E-state index in [-0.39, 0.29) is 6.42 Å². The average molecular weight is 251 g/mol. The maximum Gasteiger partial charge on any atom is 0.231 e. The number of carbonyl (C=O) groups excluding carboxylic acids is 2. The summed E-state index contributed by atoms with van der Waals surface area (Å²) in [4.78, 5) is 22.6. The smallest absolute Gasteiger partial charge is 0.231 e. The van der Waals surface area contributed by atoms with Crippen LogP contribution in [0, 0.1) is 0 Å². The molecule has 0 spiro atoms. The third-order valence-electron chi connectivity index (χ3n) is 2.25. The van der Waals surface area contributed by atoms with Gasteiger partial charge in [-0.3, -0.25) is 9.59 Å². The molecule has 98 valence electrons. The van der Waals surface area contributed by atoms with E-state index < -0.39 is 17.8 Å². The van der Waals surface area contributed by atoms with E-state index in [4.69, 9.17) is 9.84 Å². The van der Waals surface area contributed by atoms with Crippen molar-refractivity contribution in [1.29, 1.82) is 0 Å². The van der Waals surface area contributed by atoms with Gasteiger partial charge in [-0.15, -0.1) is 0 Å². The highest BCUT2D eigenvalue weighted by molar-refractivity contribution is 6.05. The number of ether oxygens (including phenoxy) is 1. The van der Waals surface area contributed by atoms with Gasteiger partial charge in [0.1, 0.15) is 11.9 Å². The highest BCUT2D eigenvalue weighted by Gasteiger charge is 2.14. The van der Waals surface area contributed by atoms with Crippen LogP contribution in [0.4, 0.5) is 5.69 Å². The Labute approximate surface area is 106 Å². The third kappa shape index (κ3) is 4.55. The lowest BCUT2D eigenvalue weighted by Gasteiger charge is -2.07. The Morgan fingerprint density at radius 3 is 2.44 bits per heavy atom. The summed E-state index contributed by atoms with van der Waals surface area (Å²) in [6.07, 6.45) is -1.44. The zero-order chi connectivity index (χ0) is 13.5. The summed E-state index contributed by atoms with van der Waals surface area (Å²) in [6, 6.07) is 6.84. The van der Waals surface area contributed by atoms with Gasteiger partial charge in [-0.25, -0.2) is 0 Å². The van der Waals surface area contributed by atoms with E-state index >= 15 is 0 Å². The molecule has 1 unspecified atom stereocenters. The van der Waals surface area contributed by atoms with Crippen LogP contribution in [0.15, 0.2) is 24.3 Å². The molecule has 0 saturated carbocycles. The maximum absolute atomic E-state index is 11.5. The van der Waals surface area contributed by atoms with Gasteiger partial charge >= 0.3 is 0 Å². The minimum atomic E-state index is -1.11. The van der Waals surface area contributed by atoms with Crippen molar-refractivity contribution in [3.05, 3.63) is 24.3 Å². The van der Waals surface area contributed by atoms with Crippen molar-refractivity contribution in [3.8, 4) is 5.75 Å². The molecular weight excluding hydrogens is 234 g/mol. The van der Waals surface area contributed by atoms with Crippen LogP contribution in [0.1, 0.15) is 20.3 Å². The Balaban J connectivity index is 2.51. The number of hydrogen-bond donors (Lipinski definition) is 2. The van der Waals surface area contributed by atoms with E-state index in [1.165, 1.54) is 6.92 Å². The topological polar surface area (TPSA) is 75.6 Å². The molecule has 1 aromatic rings. The minimum absolute atomic E-state index is 0.328. The second kappa shape index (κ2) is 6.76. The van der Waals surface area contributed by atoms with E-state index in [0.29, 0.717) is 12.3 Å². The van der Waals surface area contributed by atoms with Gasteiger partial charge in [-0.1, -0.05) is 0 Å². The first-order valence-electron chi connectivity index (χ1n) is 5.76. The largest absolute Gasteiger partial charge is 0.494 e. The molecule has 0 radical (unpaired) electrons. The molecule has 0 fully saturated rings. The molecular formula is C13H17NO4. The molecule has 0 bridgehead atoms. The zero-order valence-corrected chi connectivity index (χ0v) is 10.5. The van der Waals surface area contributed by atoms with Crippen molar-refractivity contribution in [3.63, 3.8) is 0 Å². The first-order chi connectivity index (χ1) is 8.52. The highest BCUT2D eigenvalue weighted by Crippen LogP contribution is 2.15. The quantitative estimate of drug-likeness (QED) is 0.749. The molecule has 0 aliphatic carbocycles. The summed E-state index contributed by atoms with van der Waals surface area (Å²) in [6.45, 7) is 3.80. The van der Waals surface area contributed by atoms with E-state index in [9.17, 15) is 9.59 Å². The summed E-state index contributed by atoms with van der Waals surface area (Å²) in [7, 11) is 0. The molecule has 1 aromatic carbocycles. The van der Waals surface area contributed by atoms with Crippen molar-refractivity contribution < 1.29 is 19.4 Å².